The number of benzene rings is 4. The molecule has 12 N–H and O–H groups in total. The van der Waals surface area contributed by atoms with Crippen LogP contribution in [0, 0.1) is 23.7 Å². The molecule has 0 aromatic heterocycles. The predicted molar refractivity (Wildman–Crippen MR) is 360 cm³/mol. The van der Waals surface area contributed by atoms with Crippen LogP contribution in [0.25, 0.3) is 0 Å². The number of fused-ring (bicyclic) bond motifs is 2. The molecule has 0 radical (unpaired) electrons. The van der Waals surface area contributed by atoms with Gasteiger partial charge in [-0.05, 0) is 123 Å². The molecule has 22 nitrogen and oxygen atoms in total. The number of hydrogen-bond donors (Lipinski definition) is 10. The third kappa shape index (κ3) is 19.3. The first kappa shape index (κ1) is 72.9. The van der Waals surface area contributed by atoms with Crippen molar-refractivity contribution in [1.82, 2.24) is 52.3 Å². The van der Waals surface area contributed by atoms with Crippen LogP contribution in [0.1, 0.15) is 154 Å². The Labute approximate surface area is 553 Å². The van der Waals surface area contributed by atoms with E-state index in [2.05, 4.69) is 42.5 Å². The Morgan fingerprint density at radius 1 is 0.362 bits per heavy atom. The second-order valence-corrected chi connectivity index (χ2v) is 26.8. The van der Waals surface area contributed by atoms with Gasteiger partial charge in [0.2, 0.25) is 59.1 Å². The van der Waals surface area contributed by atoms with E-state index in [-0.39, 0.29) is 89.4 Å². The van der Waals surface area contributed by atoms with Crippen LogP contribution in [0.3, 0.4) is 0 Å². The minimum absolute atomic E-state index is 0.0460. The summed E-state index contributed by atoms with van der Waals surface area (Å²) in [7, 11) is 0. The first-order chi connectivity index (χ1) is 45.0. The standard InChI is InChI=1S/C72H100N12O10/c1-43(2)41-53-65(87)81-61(57(47-25-13-9-14-26-47)48-27-15-10-16-28-48)71(93)83-39-23-35-55(83)67(89)80-60(46(7)8)70(92)76-52(34-22-38-74)64(86)78-54(42-44(3)4)66(88)82-62(58(49-29-17-11-18-30-49)50-31-19-12-20-32-50)72(94)84-40-24-36-56(84)68(90)79-59(45(5)6)69(91)75-51(33-21-37-73)63(85)77-53/h9-20,25-32,43-46,51-62H,21-24,33-42,73-74H2,1-8H3,(H,75,91)(H,76,92)(H,77,85)(H,78,86)(H,79,90)(H,80,89)(H,81,87)(H,82,88)/t51-,52-,53-,54-,55-,56-,59-,60-,61+,62+/m0/s1. The highest BCUT2D eigenvalue weighted by Gasteiger charge is 2.46. The highest BCUT2D eigenvalue weighted by molar-refractivity contribution is 6.00. The van der Waals surface area contributed by atoms with Gasteiger partial charge in [-0.3, -0.25) is 47.9 Å². The Hall–Kier alpha value is -8.50. The maximum atomic E-state index is 15.8. The lowest BCUT2D eigenvalue weighted by Crippen LogP contribution is -2.62. The lowest BCUT2D eigenvalue weighted by molar-refractivity contribution is -0.143. The van der Waals surface area contributed by atoms with Gasteiger partial charge >= 0.3 is 0 Å². The molecule has 3 fully saturated rings. The third-order valence-electron chi connectivity index (χ3n) is 17.9. The van der Waals surface area contributed by atoms with E-state index >= 15 is 19.2 Å². The van der Waals surface area contributed by atoms with E-state index in [1.54, 1.807) is 27.7 Å². The summed E-state index contributed by atoms with van der Waals surface area (Å²) in [6.45, 7) is 15.0. The molecule has 0 saturated carbocycles. The van der Waals surface area contributed by atoms with Gasteiger partial charge < -0.3 is 63.8 Å². The van der Waals surface area contributed by atoms with Crippen molar-refractivity contribution in [2.75, 3.05) is 26.2 Å². The molecular formula is C72H100N12O10. The van der Waals surface area contributed by atoms with Crippen molar-refractivity contribution in [1.29, 1.82) is 0 Å². The van der Waals surface area contributed by atoms with Gasteiger partial charge in [-0.25, -0.2) is 0 Å². The van der Waals surface area contributed by atoms with Crippen molar-refractivity contribution in [2.24, 2.45) is 35.1 Å². The Balaban J connectivity index is 1.34. The first-order valence-corrected chi connectivity index (χ1v) is 33.7. The van der Waals surface area contributed by atoms with Crippen molar-refractivity contribution in [3.8, 4) is 0 Å². The van der Waals surface area contributed by atoms with Crippen molar-refractivity contribution < 1.29 is 47.9 Å². The van der Waals surface area contributed by atoms with Crippen LogP contribution >= 0.6 is 0 Å². The van der Waals surface area contributed by atoms with Crippen LogP contribution in [0.2, 0.25) is 0 Å². The van der Waals surface area contributed by atoms with Gasteiger partial charge in [0.25, 0.3) is 0 Å². The zero-order chi connectivity index (χ0) is 68.2. The molecule has 0 spiro atoms. The quantitative estimate of drug-likeness (QED) is 0.0663. The largest absolute Gasteiger partial charge is 0.343 e. The molecule has 10 atom stereocenters. The lowest BCUT2D eigenvalue weighted by atomic mass is 9.83. The summed E-state index contributed by atoms with van der Waals surface area (Å²) < 4.78 is 0. The summed E-state index contributed by atoms with van der Waals surface area (Å²) in [5.41, 5.74) is 14.7. The molecule has 10 amide bonds. The van der Waals surface area contributed by atoms with Gasteiger partial charge in [-0.15, -0.1) is 0 Å². The van der Waals surface area contributed by atoms with Crippen molar-refractivity contribution in [3.63, 3.8) is 0 Å². The molecule has 94 heavy (non-hydrogen) atoms. The molecule has 3 heterocycles. The van der Waals surface area contributed by atoms with Crippen molar-refractivity contribution in [3.05, 3.63) is 144 Å². The third-order valence-corrected chi connectivity index (χ3v) is 17.9. The van der Waals surface area contributed by atoms with E-state index in [1.807, 2.05) is 149 Å². The van der Waals surface area contributed by atoms with Crippen LogP contribution in [0.4, 0.5) is 0 Å². The second kappa shape index (κ2) is 35.1. The fourth-order valence-electron chi connectivity index (χ4n) is 13.1. The summed E-state index contributed by atoms with van der Waals surface area (Å²) >= 11 is 0. The number of carbonyl (C=O) groups excluding carboxylic acids is 10. The molecule has 508 valence electrons. The normalized spacial score (nSPS) is 24.7. The number of carbonyl (C=O) groups is 10. The van der Waals surface area contributed by atoms with E-state index in [4.69, 9.17) is 11.5 Å². The SMILES string of the molecule is CC(C)C[C@@H]1NC(=O)[C@H](CCCN)NC(=O)[C@H](C(C)C)NC(=O)[C@@H]2CCCN2C(=O)[C@@H](C(c2ccccc2)c2ccccc2)NC(=O)[C@H](CC(C)C)NC(=O)[C@H](CCCN)NC(=O)[C@H](C(C)C)NC(=O)[C@@H]2CCCN2C(=O)[C@@H](C(c2ccccc2)c2ccccc2)NC1=O. The fourth-order valence-corrected chi connectivity index (χ4v) is 13.1. The molecule has 3 saturated heterocycles. The van der Waals surface area contributed by atoms with E-state index in [1.165, 1.54) is 9.80 Å². The van der Waals surface area contributed by atoms with Crippen LogP contribution in [-0.4, -0.2) is 155 Å². The number of hydrogen-bond acceptors (Lipinski definition) is 12. The van der Waals surface area contributed by atoms with Crippen molar-refractivity contribution >= 4 is 59.1 Å². The average Bonchev–Trinajstić information content (AvgIpc) is 1.23. The number of amides is 10. The Morgan fingerprint density at radius 2 is 0.638 bits per heavy atom. The van der Waals surface area contributed by atoms with Crippen molar-refractivity contribution in [2.45, 2.75) is 192 Å². The zero-order valence-electron chi connectivity index (χ0n) is 55.8. The number of nitrogens with two attached hydrogens (primary N) is 2. The summed E-state index contributed by atoms with van der Waals surface area (Å²) in [4.78, 5) is 154. The molecule has 3 aliphatic rings. The average molecular weight is 1290 g/mol. The van der Waals surface area contributed by atoms with Gasteiger partial charge in [0.15, 0.2) is 0 Å². The Kier molecular flexibility index (Phi) is 27.3. The first-order valence-electron chi connectivity index (χ1n) is 33.7. The van der Waals surface area contributed by atoms with Crippen LogP contribution < -0.4 is 54.0 Å². The van der Waals surface area contributed by atoms with Gasteiger partial charge in [-0.2, -0.15) is 0 Å². The summed E-state index contributed by atoms with van der Waals surface area (Å²) in [6, 6.07) is 24.1. The summed E-state index contributed by atoms with van der Waals surface area (Å²) in [6.07, 6.45) is 2.05. The topological polar surface area (TPSA) is 325 Å². The maximum Gasteiger partial charge on any atom is 0.246 e. The molecule has 0 bridgehead atoms. The zero-order valence-corrected chi connectivity index (χ0v) is 55.8. The van der Waals surface area contributed by atoms with Gasteiger partial charge in [0.05, 0.1) is 0 Å². The smallest absolute Gasteiger partial charge is 0.246 e. The highest BCUT2D eigenvalue weighted by Crippen LogP contribution is 2.34. The number of rotatable bonds is 18. The molecule has 0 unspecified atom stereocenters. The Morgan fingerprint density at radius 3 is 0.915 bits per heavy atom. The maximum absolute atomic E-state index is 15.8. The van der Waals surface area contributed by atoms with Crippen LogP contribution in [-0.2, 0) is 47.9 Å². The fraction of sp³-hybridized carbons (Fsp3) is 0.528. The van der Waals surface area contributed by atoms with Crippen LogP contribution in [0.5, 0.6) is 0 Å². The molecule has 3 aliphatic heterocycles. The van der Waals surface area contributed by atoms with E-state index in [9.17, 15) is 28.8 Å². The molecule has 0 aliphatic carbocycles. The molecular weight excluding hydrogens is 1190 g/mol. The predicted octanol–water partition coefficient (Wildman–Crippen LogP) is 4.41. The Bertz CT molecular complexity index is 2900. The minimum Gasteiger partial charge on any atom is -0.343 e. The second-order valence-electron chi connectivity index (χ2n) is 26.8. The summed E-state index contributed by atoms with van der Waals surface area (Å²) in [5, 5.41) is 23.5. The highest BCUT2D eigenvalue weighted by atomic mass is 16.2. The van der Waals surface area contributed by atoms with E-state index < -0.39 is 143 Å². The van der Waals surface area contributed by atoms with E-state index in [0.717, 1.165) is 0 Å². The van der Waals surface area contributed by atoms with E-state index in [0.29, 0.717) is 35.1 Å². The lowest BCUT2D eigenvalue weighted by Gasteiger charge is -2.36. The molecule has 4 aromatic rings. The van der Waals surface area contributed by atoms with Gasteiger partial charge in [-0.1, -0.05) is 177 Å². The molecule has 7 rings (SSSR count). The molecule has 22 heteroatoms. The number of nitrogens with one attached hydrogen (secondary N) is 8. The summed E-state index contributed by atoms with van der Waals surface area (Å²) in [5.74, 6) is -9.86. The van der Waals surface area contributed by atoms with Crippen LogP contribution in [0.15, 0.2) is 121 Å². The monoisotopic (exact) mass is 1290 g/mol. The van der Waals surface area contributed by atoms with Gasteiger partial charge in [0, 0.05) is 24.9 Å². The van der Waals surface area contributed by atoms with Gasteiger partial charge in [0.1, 0.15) is 60.4 Å². The number of nitrogens with zero attached hydrogens (tertiary/aromatic N) is 2. The molecule has 4 aromatic carbocycles. The minimum atomic E-state index is -1.38.